The number of para-hydroxylation sites is 2. The molecule has 3 heterocycles. The third-order valence-electron chi connectivity index (χ3n) is 12.0. The van der Waals surface area contributed by atoms with Gasteiger partial charge in [-0.05, 0) is 105 Å². The van der Waals surface area contributed by atoms with Crippen LogP contribution in [0.5, 0.6) is 0 Å². The SMILES string of the molecule is c1ccc(-c2ccc(-n3c4ccccc4c4c5c6c7oc8ccccc8c7ccc6n(-c6cc7c8c(cccc8c6)-c6ccccc6-7)c5ccc43)cc2)cc1. The molecule has 3 nitrogen and oxygen atoms in total. The van der Waals surface area contributed by atoms with E-state index in [1.165, 1.54) is 71.3 Å². The van der Waals surface area contributed by atoms with E-state index in [1.54, 1.807) is 0 Å². The van der Waals surface area contributed by atoms with Crippen molar-refractivity contribution in [1.29, 1.82) is 0 Å². The fourth-order valence-electron chi connectivity index (χ4n) is 9.75. The fourth-order valence-corrected chi connectivity index (χ4v) is 9.75. The number of hydrogen-bond donors (Lipinski definition) is 0. The lowest BCUT2D eigenvalue weighted by molar-refractivity contribution is 0.673. The third kappa shape index (κ3) is 3.84. The van der Waals surface area contributed by atoms with Crippen LogP contribution in [0.4, 0.5) is 0 Å². The van der Waals surface area contributed by atoms with Crippen molar-refractivity contribution in [3.8, 4) is 44.8 Å². The molecule has 0 radical (unpaired) electrons. The van der Waals surface area contributed by atoms with Crippen LogP contribution in [0.2, 0.25) is 0 Å². The predicted octanol–water partition coefficient (Wildman–Crippen LogP) is 14.2. The van der Waals surface area contributed by atoms with Gasteiger partial charge < -0.3 is 13.6 Å². The standard InChI is InChI=1S/C52H30N2O/c1-2-11-31(12-3-1)32-21-23-34(24-22-32)53-43-19-8-6-17-41(43)49-44(53)27-28-45-50(49)51-46(26-25-40-38-16-7-9-20-47(38)55-52(40)51)54(45)35-29-33-13-10-18-39-36-14-4-5-15-37(36)42(30-35)48(33)39/h1-30H. The minimum absolute atomic E-state index is 0.905. The fraction of sp³-hybridized carbons (Fsp3) is 0. The van der Waals surface area contributed by atoms with E-state index in [4.69, 9.17) is 4.42 Å². The Morgan fingerprint density at radius 3 is 1.82 bits per heavy atom. The molecule has 0 N–H and O–H groups in total. The van der Waals surface area contributed by atoms with E-state index in [0.717, 1.165) is 49.7 Å². The zero-order valence-electron chi connectivity index (χ0n) is 29.6. The molecule has 0 spiro atoms. The second-order valence-electron chi connectivity index (χ2n) is 14.8. The van der Waals surface area contributed by atoms with Crippen molar-refractivity contribution in [2.45, 2.75) is 0 Å². The van der Waals surface area contributed by atoms with E-state index in [9.17, 15) is 0 Å². The molecule has 0 bridgehead atoms. The molecule has 55 heavy (non-hydrogen) atoms. The van der Waals surface area contributed by atoms with Crippen LogP contribution in [0.3, 0.4) is 0 Å². The van der Waals surface area contributed by atoms with Crippen molar-refractivity contribution >= 4 is 76.3 Å². The van der Waals surface area contributed by atoms with Gasteiger partial charge in [0, 0.05) is 38.3 Å². The normalized spacial score (nSPS) is 12.4. The Balaban J connectivity index is 1.17. The molecule has 254 valence electrons. The average Bonchev–Trinajstić information content (AvgIpc) is 3.98. The monoisotopic (exact) mass is 698 g/mol. The van der Waals surface area contributed by atoms with Crippen LogP contribution in [0.1, 0.15) is 0 Å². The summed E-state index contributed by atoms with van der Waals surface area (Å²) in [6.07, 6.45) is 0. The van der Waals surface area contributed by atoms with Crippen molar-refractivity contribution < 1.29 is 4.42 Å². The highest BCUT2D eigenvalue weighted by atomic mass is 16.3. The van der Waals surface area contributed by atoms with E-state index < -0.39 is 0 Å². The molecule has 1 aliphatic rings. The molecule has 3 heteroatoms. The molecule has 0 fully saturated rings. The largest absolute Gasteiger partial charge is 0.455 e. The van der Waals surface area contributed by atoms with Crippen LogP contribution >= 0.6 is 0 Å². The molecule has 0 amide bonds. The predicted molar refractivity (Wildman–Crippen MR) is 230 cm³/mol. The van der Waals surface area contributed by atoms with Crippen molar-refractivity contribution in [2.75, 3.05) is 0 Å². The first-order valence-corrected chi connectivity index (χ1v) is 18.9. The lowest BCUT2D eigenvalue weighted by Gasteiger charge is -2.12. The van der Waals surface area contributed by atoms with Gasteiger partial charge in [0.1, 0.15) is 11.2 Å². The Hall–Kier alpha value is -7.36. The van der Waals surface area contributed by atoms with Crippen molar-refractivity contribution in [3.63, 3.8) is 0 Å². The summed E-state index contributed by atoms with van der Waals surface area (Å²) < 4.78 is 11.8. The number of fused-ring (bicyclic) bond motifs is 14. The van der Waals surface area contributed by atoms with Crippen molar-refractivity contribution in [3.05, 3.63) is 182 Å². The van der Waals surface area contributed by atoms with Gasteiger partial charge in [0.2, 0.25) is 0 Å². The highest BCUT2D eigenvalue weighted by Gasteiger charge is 2.26. The molecule has 0 aliphatic heterocycles. The Kier molecular flexibility index (Phi) is 5.63. The first-order chi connectivity index (χ1) is 27.3. The van der Waals surface area contributed by atoms with E-state index >= 15 is 0 Å². The van der Waals surface area contributed by atoms with Gasteiger partial charge in [-0.15, -0.1) is 0 Å². The number of furan rings is 1. The second-order valence-corrected chi connectivity index (χ2v) is 14.8. The van der Waals surface area contributed by atoms with Gasteiger partial charge in [0.15, 0.2) is 0 Å². The van der Waals surface area contributed by atoms with Crippen molar-refractivity contribution in [2.24, 2.45) is 0 Å². The van der Waals surface area contributed by atoms with Gasteiger partial charge in [0.05, 0.1) is 27.5 Å². The summed E-state index contributed by atoms with van der Waals surface area (Å²) in [4.78, 5) is 0. The van der Waals surface area contributed by atoms with Gasteiger partial charge in [0.25, 0.3) is 0 Å². The summed E-state index contributed by atoms with van der Waals surface area (Å²) in [6.45, 7) is 0. The maximum absolute atomic E-state index is 6.88. The van der Waals surface area contributed by atoms with Crippen LogP contribution in [0.15, 0.2) is 186 Å². The minimum Gasteiger partial charge on any atom is -0.455 e. The molecule has 13 rings (SSSR count). The molecule has 0 saturated carbocycles. The van der Waals surface area contributed by atoms with Crippen LogP contribution in [-0.4, -0.2) is 9.13 Å². The molecule has 0 unspecified atom stereocenters. The summed E-state index contributed by atoms with van der Waals surface area (Å²) in [5, 5.41) is 9.65. The van der Waals surface area contributed by atoms with Gasteiger partial charge in [-0.1, -0.05) is 121 Å². The molecular formula is C52H30N2O. The Bertz CT molecular complexity index is 3580. The van der Waals surface area contributed by atoms with Crippen LogP contribution in [-0.2, 0) is 0 Å². The summed E-state index contributed by atoms with van der Waals surface area (Å²) in [7, 11) is 0. The van der Waals surface area contributed by atoms with Gasteiger partial charge in [-0.25, -0.2) is 0 Å². The van der Waals surface area contributed by atoms with Crippen molar-refractivity contribution in [1.82, 2.24) is 9.13 Å². The number of benzene rings is 9. The first-order valence-electron chi connectivity index (χ1n) is 18.9. The molecule has 9 aromatic carbocycles. The van der Waals surface area contributed by atoms with Gasteiger partial charge in [-0.3, -0.25) is 0 Å². The quantitative estimate of drug-likeness (QED) is 0.180. The lowest BCUT2D eigenvalue weighted by Crippen LogP contribution is -1.95. The molecule has 1 aliphatic carbocycles. The summed E-state index contributed by atoms with van der Waals surface area (Å²) in [6, 6.07) is 66.4. The summed E-state index contributed by atoms with van der Waals surface area (Å²) in [5.74, 6) is 0. The van der Waals surface area contributed by atoms with Crippen LogP contribution in [0, 0.1) is 0 Å². The van der Waals surface area contributed by atoms with Gasteiger partial charge in [-0.2, -0.15) is 0 Å². The number of hydrogen-bond acceptors (Lipinski definition) is 1. The molecule has 3 aromatic heterocycles. The number of nitrogens with zero attached hydrogens (tertiary/aromatic N) is 2. The highest BCUT2D eigenvalue weighted by Crippen LogP contribution is 2.50. The van der Waals surface area contributed by atoms with E-state index in [2.05, 4.69) is 191 Å². The summed E-state index contributed by atoms with van der Waals surface area (Å²) >= 11 is 0. The van der Waals surface area contributed by atoms with E-state index in [0.29, 0.717) is 0 Å². The Labute approximate surface area is 315 Å². The Morgan fingerprint density at radius 1 is 0.327 bits per heavy atom. The topological polar surface area (TPSA) is 23.0 Å². The van der Waals surface area contributed by atoms with Gasteiger partial charge >= 0.3 is 0 Å². The highest BCUT2D eigenvalue weighted by molar-refractivity contribution is 6.34. The third-order valence-corrected chi connectivity index (χ3v) is 12.0. The van der Waals surface area contributed by atoms with E-state index in [1.807, 2.05) is 0 Å². The zero-order chi connectivity index (χ0) is 35.8. The van der Waals surface area contributed by atoms with E-state index in [-0.39, 0.29) is 0 Å². The molecular weight excluding hydrogens is 669 g/mol. The van der Waals surface area contributed by atoms with Crippen LogP contribution in [0.25, 0.3) is 121 Å². The molecule has 0 saturated heterocycles. The molecule has 12 aromatic rings. The minimum atomic E-state index is 0.905. The smallest absolute Gasteiger partial charge is 0.145 e. The first kappa shape index (κ1) is 29.1. The number of rotatable bonds is 3. The average molecular weight is 699 g/mol. The zero-order valence-corrected chi connectivity index (χ0v) is 29.6. The maximum Gasteiger partial charge on any atom is 0.145 e. The lowest BCUT2D eigenvalue weighted by atomic mass is 10.0. The number of aromatic nitrogens is 2. The summed E-state index contributed by atoms with van der Waals surface area (Å²) in [5.41, 5.74) is 16.4. The Morgan fingerprint density at radius 2 is 0.964 bits per heavy atom. The maximum atomic E-state index is 6.88. The second kappa shape index (κ2) is 10.6. The molecule has 0 atom stereocenters. The van der Waals surface area contributed by atoms with Crippen LogP contribution < -0.4 is 0 Å².